The molecule has 1 fully saturated rings. The Hall–Kier alpha value is -3.28. The fraction of sp³-hybridized carbons (Fsp3) is 0.286. The van der Waals surface area contributed by atoms with Gasteiger partial charge in [-0.2, -0.15) is 4.31 Å². The van der Waals surface area contributed by atoms with Crippen LogP contribution in [-0.4, -0.2) is 55.5 Å². The van der Waals surface area contributed by atoms with E-state index in [4.69, 9.17) is 9.15 Å². The fourth-order valence-corrected chi connectivity index (χ4v) is 4.97. The zero-order valence-corrected chi connectivity index (χ0v) is 18.0. The number of ether oxygens (including phenoxy) is 1. The molecule has 0 amide bonds. The van der Waals surface area contributed by atoms with E-state index in [1.807, 2.05) is 30.3 Å². The maximum absolute atomic E-state index is 13.2. The SMILES string of the molecule is O=[N+]([O-])c1ccc(NCCc2coc(-c3ccccc3)n2)c(S(=O)(=O)N2CCOCC2)c1. The van der Waals surface area contributed by atoms with Gasteiger partial charge in [0.15, 0.2) is 0 Å². The maximum atomic E-state index is 13.2. The van der Waals surface area contributed by atoms with Gasteiger partial charge in [0.2, 0.25) is 15.9 Å². The molecule has 1 aliphatic rings. The number of nitro groups is 1. The van der Waals surface area contributed by atoms with E-state index in [1.165, 1.54) is 16.4 Å². The molecule has 0 atom stereocenters. The highest BCUT2D eigenvalue weighted by atomic mass is 32.2. The van der Waals surface area contributed by atoms with Crippen molar-refractivity contribution in [1.82, 2.24) is 9.29 Å². The number of hydrogen-bond donors (Lipinski definition) is 1. The van der Waals surface area contributed by atoms with E-state index in [0.717, 1.165) is 11.6 Å². The van der Waals surface area contributed by atoms with Crippen LogP contribution in [0.3, 0.4) is 0 Å². The van der Waals surface area contributed by atoms with Gasteiger partial charge in [-0.15, -0.1) is 0 Å². The van der Waals surface area contributed by atoms with Crippen LogP contribution in [0.4, 0.5) is 11.4 Å². The van der Waals surface area contributed by atoms with Crippen LogP contribution < -0.4 is 5.32 Å². The fourth-order valence-electron chi connectivity index (χ4n) is 3.37. The molecular weight excluding hydrogens is 436 g/mol. The normalized spacial score (nSPS) is 14.9. The van der Waals surface area contributed by atoms with Crippen LogP contribution in [0.2, 0.25) is 0 Å². The lowest BCUT2D eigenvalue weighted by Gasteiger charge is -2.27. The van der Waals surface area contributed by atoms with Crippen molar-refractivity contribution in [3.05, 3.63) is 70.6 Å². The van der Waals surface area contributed by atoms with Gasteiger partial charge in [-0.05, 0) is 18.2 Å². The number of sulfonamides is 1. The van der Waals surface area contributed by atoms with E-state index < -0.39 is 14.9 Å². The molecule has 11 heteroatoms. The Morgan fingerprint density at radius 1 is 1.12 bits per heavy atom. The molecular formula is C21H22N4O6S. The number of aromatic nitrogens is 1. The molecule has 2 heterocycles. The Morgan fingerprint density at radius 3 is 2.59 bits per heavy atom. The zero-order valence-electron chi connectivity index (χ0n) is 17.1. The second-order valence-corrected chi connectivity index (χ2v) is 9.05. The number of nitrogens with one attached hydrogen (secondary N) is 1. The smallest absolute Gasteiger partial charge is 0.270 e. The lowest BCUT2D eigenvalue weighted by atomic mass is 10.2. The largest absolute Gasteiger partial charge is 0.444 e. The first-order valence-corrected chi connectivity index (χ1v) is 11.5. The summed E-state index contributed by atoms with van der Waals surface area (Å²) in [5.74, 6) is 0.506. The summed E-state index contributed by atoms with van der Waals surface area (Å²) >= 11 is 0. The molecule has 1 aliphatic heterocycles. The topological polar surface area (TPSA) is 128 Å². The first-order valence-electron chi connectivity index (χ1n) is 10.1. The van der Waals surface area contributed by atoms with Crippen molar-refractivity contribution < 1.29 is 22.5 Å². The summed E-state index contributed by atoms with van der Waals surface area (Å²) in [6.45, 7) is 1.33. The Bertz CT molecular complexity index is 1190. The average Bonchev–Trinajstić information content (AvgIpc) is 3.29. The molecule has 32 heavy (non-hydrogen) atoms. The maximum Gasteiger partial charge on any atom is 0.270 e. The molecule has 0 aliphatic carbocycles. The molecule has 1 aromatic heterocycles. The Morgan fingerprint density at radius 2 is 1.88 bits per heavy atom. The third-order valence-electron chi connectivity index (χ3n) is 5.03. The average molecular weight is 458 g/mol. The number of morpholine rings is 1. The molecule has 168 valence electrons. The van der Waals surface area contributed by atoms with Gasteiger partial charge in [0.1, 0.15) is 11.2 Å². The molecule has 3 aromatic rings. The quantitative estimate of drug-likeness (QED) is 0.403. The second-order valence-electron chi connectivity index (χ2n) is 7.14. The van der Waals surface area contributed by atoms with Crippen LogP contribution in [0.1, 0.15) is 5.69 Å². The predicted molar refractivity (Wildman–Crippen MR) is 117 cm³/mol. The van der Waals surface area contributed by atoms with E-state index in [1.54, 1.807) is 6.26 Å². The lowest BCUT2D eigenvalue weighted by molar-refractivity contribution is -0.385. The molecule has 1 N–H and O–H groups in total. The first-order chi connectivity index (χ1) is 15.4. The molecule has 0 saturated carbocycles. The summed E-state index contributed by atoms with van der Waals surface area (Å²) in [4.78, 5) is 14.9. The van der Waals surface area contributed by atoms with E-state index in [9.17, 15) is 18.5 Å². The highest BCUT2D eigenvalue weighted by Crippen LogP contribution is 2.29. The van der Waals surface area contributed by atoms with Crippen molar-refractivity contribution in [2.75, 3.05) is 38.2 Å². The number of anilines is 1. The van der Waals surface area contributed by atoms with Gasteiger partial charge in [0.25, 0.3) is 5.69 Å². The Balaban J connectivity index is 1.51. The van der Waals surface area contributed by atoms with Crippen LogP contribution in [0.25, 0.3) is 11.5 Å². The van der Waals surface area contributed by atoms with Crippen molar-refractivity contribution in [3.8, 4) is 11.5 Å². The number of oxazole rings is 1. The highest BCUT2D eigenvalue weighted by molar-refractivity contribution is 7.89. The van der Waals surface area contributed by atoms with Gasteiger partial charge in [0.05, 0.1) is 29.5 Å². The van der Waals surface area contributed by atoms with Gasteiger partial charge >= 0.3 is 0 Å². The van der Waals surface area contributed by atoms with Crippen molar-refractivity contribution in [1.29, 1.82) is 0 Å². The third kappa shape index (κ3) is 4.79. The monoisotopic (exact) mass is 458 g/mol. The van der Waals surface area contributed by atoms with E-state index in [-0.39, 0.29) is 36.9 Å². The predicted octanol–water partition coefficient (Wildman–Crippen LogP) is 2.93. The second kappa shape index (κ2) is 9.47. The molecule has 4 rings (SSSR count). The molecule has 0 radical (unpaired) electrons. The van der Waals surface area contributed by atoms with Crippen LogP contribution in [0.5, 0.6) is 0 Å². The number of non-ortho nitro benzene ring substituents is 1. The lowest BCUT2D eigenvalue weighted by Crippen LogP contribution is -2.40. The van der Waals surface area contributed by atoms with Crippen LogP contribution in [0, 0.1) is 10.1 Å². The van der Waals surface area contributed by atoms with Crippen molar-refractivity contribution >= 4 is 21.4 Å². The van der Waals surface area contributed by atoms with Gasteiger partial charge in [-0.3, -0.25) is 10.1 Å². The van der Waals surface area contributed by atoms with Gasteiger partial charge in [0, 0.05) is 43.8 Å². The third-order valence-corrected chi connectivity index (χ3v) is 6.97. The number of nitrogens with zero attached hydrogens (tertiary/aromatic N) is 3. The van der Waals surface area contributed by atoms with Gasteiger partial charge < -0.3 is 14.5 Å². The molecule has 1 saturated heterocycles. The minimum atomic E-state index is -3.92. The molecule has 0 unspecified atom stereocenters. The minimum Gasteiger partial charge on any atom is -0.444 e. The van der Waals surface area contributed by atoms with Crippen molar-refractivity contribution in [2.24, 2.45) is 0 Å². The van der Waals surface area contributed by atoms with Crippen molar-refractivity contribution in [3.63, 3.8) is 0 Å². The Labute approximate surface area is 185 Å². The zero-order chi connectivity index (χ0) is 22.6. The highest BCUT2D eigenvalue weighted by Gasteiger charge is 2.30. The number of nitro benzene ring substituents is 1. The summed E-state index contributed by atoms with van der Waals surface area (Å²) in [7, 11) is -3.92. The number of rotatable bonds is 8. The summed E-state index contributed by atoms with van der Waals surface area (Å²) in [5, 5.41) is 14.3. The summed E-state index contributed by atoms with van der Waals surface area (Å²) in [5.41, 5.74) is 1.58. The first kappa shape index (κ1) is 21.9. The molecule has 10 nitrogen and oxygen atoms in total. The van der Waals surface area contributed by atoms with Crippen LogP contribution in [-0.2, 0) is 21.2 Å². The van der Waals surface area contributed by atoms with Gasteiger partial charge in [-0.25, -0.2) is 13.4 Å². The number of benzene rings is 2. The molecule has 0 spiro atoms. The standard InChI is InChI=1S/C21H22N4O6S/c26-25(27)18-6-7-19(20(14-18)32(28,29)24-10-12-30-13-11-24)22-9-8-17-15-31-21(23-17)16-4-2-1-3-5-16/h1-7,14-15,22H,8-13H2. The van der Waals surface area contributed by atoms with E-state index >= 15 is 0 Å². The van der Waals surface area contributed by atoms with E-state index in [2.05, 4.69) is 10.3 Å². The minimum absolute atomic E-state index is 0.126. The van der Waals surface area contributed by atoms with Crippen molar-refractivity contribution in [2.45, 2.75) is 11.3 Å². The van der Waals surface area contributed by atoms with Crippen LogP contribution >= 0.6 is 0 Å². The van der Waals surface area contributed by atoms with E-state index in [0.29, 0.717) is 30.2 Å². The summed E-state index contributed by atoms with van der Waals surface area (Å²) in [6.07, 6.45) is 2.04. The molecule has 0 bridgehead atoms. The summed E-state index contributed by atoms with van der Waals surface area (Å²) in [6, 6.07) is 13.3. The molecule has 2 aromatic carbocycles. The summed E-state index contributed by atoms with van der Waals surface area (Å²) < 4.78 is 38.3. The van der Waals surface area contributed by atoms with Crippen LogP contribution in [0.15, 0.2) is 64.1 Å². The van der Waals surface area contributed by atoms with Gasteiger partial charge in [-0.1, -0.05) is 18.2 Å². The Kier molecular flexibility index (Phi) is 6.49. The number of hydrogen-bond acceptors (Lipinski definition) is 8.